The number of nitrogens with zero attached hydrogens (tertiary/aromatic N) is 4. The Morgan fingerprint density at radius 1 is 1.25 bits per heavy atom. The van der Waals surface area contributed by atoms with Crippen molar-refractivity contribution in [3.05, 3.63) is 53.2 Å². The molecular weight excluding hydrogens is 379 g/mol. The van der Waals surface area contributed by atoms with Crippen LogP contribution in [0.2, 0.25) is 5.15 Å². The van der Waals surface area contributed by atoms with E-state index in [1.807, 2.05) is 12.1 Å². The highest BCUT2D eigenvalue weighted by Gasteiger charge is 2.30. The van der Waals surface area contributed by atoms with Gasteiger partial charge in [0.1, 0.15) is 29.2 Å². The van der Waals surface area contributed by atoms with Gasteiger partial charge in [0.05, 0.1) is 18.2 Å². The number of ether oxygens (including phenoxy) is 1. The zero-order chi connectivity index (χ0) is 19.5. The van der Waals surface area contributed by atoms with Crippen LogP contribution in [0.25, 0.3) is 11.0 Å². The molecule has 4 rings (SSSR count). The molecule has 1 fully saturated rings. The molecule has 146 valence electrons. The van der Waals surface area contributed by atoms with E-state index in [4.69, 9.17) is 21.3 Å². The SMILES string of the molecule is CCCCOc1ccc(F)cc1[C@H]1CCCN1c1ccc2ncnc(Cl)c2n1. The van der Waals surface area contributed by atoms with Crippen LogP contribution in [0.3, 0.4) is 0 Å². The van der Waals surface area contributed by atoms with Crippen LogP contribution >= 0.6 is 11.6 Å². The first-order valence-corrected chi connectivity index (χ1v) is 10.0. The Bertz CT molecular complexity index is 984. The lowest BCUT2D eigenvalue weighted by Crippen LogP contribution is -2.24. The number of unbranched alkanes of at least 4 members (excludes halogenated alkanes) is 1. The molecule has 1 aromatic carbocycles. The minimum atomic E-state index is -0.257. The molecule has 1 atom stereocenters. The second kappa shape index (κ2) is 8.27. The summed E-state index contributed by atoms with van der Waals surface area (Å²) in [6.45, 7) is 3.58. The summed E-state index contributed by atoms with van der Waals surface area (Å²) in [6.07, 6.45) is 5.35. The van der Waals surface area contributed by atoms with E-state index in [1.165, 1.54) is 12.4 Å². The molecular formula is C21H22ClFN4O. The van der Waals surface area contributed by atoms with Gasteiger partial charge in [0.15, 0.2) is 5.15 Å². The number of anilines is 1. The lowest BCUT2D eigenvalue weighted by Gasteiger charge is -2.28. The number of hydrogen-bond acceptors (Lipinski definition) is 5. The van der Waals surface area contributed by atoms with E-state index in [9.17, 15) is 4.39 Å². The quantitative estimate of drug-likeness (QED) is 0.413. The predicted molar refractivity (Wildman–Crippen MR) is 108 cm³/mol. The van der Waals surface area contributed by atoms with Crippen LogP contribution in [-0.4, -0.2) is 28.1 Å². The Morgan fingerprint density at radius 2 is 2.14 bits per heavy atom. The van der Waals surface area contributed by atoms with E-state index in [-0.39, 0.29) is 11.9 Å². The molecule has 1 aliphatic heterocycles. The summed E-state index contributed by atoms with van der Waals surface area (Å²) in [5.41, 5.74) is 2.14. The lowest BCUT2D eigenvalue weighted by atomic mass is 10.0. The smallest absolute Gasteiger partial charge is 0.158 e. The van der Waals surface area contributed by atoms with Crippen LogP contribution in [0.1, 0.15) is 44.2 Å². The Labute approximate surface area is 168 Å². The largest absolute Gasteiger partial charge is 0.493 e. The molecule has 7 heteroatoms. The average molecular weight is 401 g/mol. The zero-order valence-corrected chi connectivity index (χ0v) is 16.5. The van der Waals surface area contributed by atoms with Crippen molar-refractivity contribution in [2.75, 3.05) is 18.1 Å². The summed E-state index contributed by atoms with van der Waals surface area (Å²) >= 11 is 6.20. The first-order valence-electron chi connectivity index (χ1n) is 9.63. The summed E-state index contributed by atoms with van der Waals surface area (Å²) < 4.78 is 20.0. The molecule has 0 radical (unpaired) electrons. The van der Waals surface area contributed by atoms with Gasteiger partial charge < -0.3 is 9.64 Å². The number of benzene rings is 1. The molecule has 0 spiro atoms. The van der Waals surface area contributed by atoms with Crippen LogP contribution in [0.5, 0.6) is 5.75 Å². The maximum Gasteiger partial charge on any atom is 0.158 e. The van der Waals surface area contributed by atoms with Crippen molar-refractivity contribution in [1.29, 1.82) is 0 Å². The van der Waals surface area contributed by atoms with E-state index in [1.54, 1.807) is 12.1 Å². The molecule has 5 nitrogen and oxygen atoms in total. The van der Waals surface area contributed by atoms with Crippen LogP contribution in [0, 0.1) is 5.82 Å². The molecule has 1 saturated heterocycles. The molecule has 0 saturated carbocycles. The van der Waals surface area contributed by atoms with Crippen LogP contribution in [0.4, 0.5) is 10.2 Å². The van der Waals surface area contributed by atoms with Crippen LogP contribution in [-0.2, 0) is 0 Å². The van der Waals surface area contributed by atoms with Gasteiger partial charge in [-0.2, -0.15) is 0 Å². The fraction of sp³-hybridized carbons (Fsp3) is 0.381. The first-order chi connectivity index (χ1) is 13.7. The van der Waals surface area contributed by atoms with Crippen molar-refractivity contribution in [2.24, 2.45) is 0 Å². The topological polar surface area (TPSA) is 51.1 Å². The maximum absolute atomic E-state index is 14.1. The van der Waals surface area contributed by atoms with Crippen molar-refractivity contribution in [3.8, 4) is 5.75 Å². The summed E-state index contributed by atoms with van der Waals surface area (Å²) in [5, 5.41) is 0.331. The molecule has 28 heavy (non-hydrogen) atoms. The Kier molecular flexibility index (Phi) is 5.57. The Hall–Kier alpha value is -2.47. The Morgan fingerprint density at radius 3 is 3.00 bits per heavy atom. The molecule has 0 amide bonds. The highest BCUT2D eigenvalue weighted by molar-refractivity contribution is 6.33. The minimum absolute atomic E-state index is 0.000632. The van der Waals surface area contributed by atoms with Crippen molar-refractivity contribution in [3.63, 3.8) is 0 Å². The van der Waals surface area contributed by atoms with Gasteiger partial charge in [0, 0.05) is 12.1 Å². The lowest BCUT2D eigenvalue weighted by molar-refractivity contribution is 0.304. The van der Waals surface area contributed by atoms with Crippen molar-refractivity contribution in [2.45, 2.75) is 38.6 Å². The van der Waals surface area contributed by atoms with Gasteiger partial charge in [-0.05, 0) is 49.6 Å². The number of fused-ring (bicyclic) bond motifs is 1. The van der Waals surface area contributed by atoms with Gasteiger partial charge >= 0.3 is 0 Å². The van der Waals surface area contributed by atoms with Crippen LogP contribution in [0.15, 0.2) is 36.7 Å². The standard InChI is InChI=1S/C21H22ClFN4O/c1-2-3-11-28-18-8-6-14(23)12-15(18)17-5-4-10-27(17)19-9-7-16-20(26-19)21(22)25-13-24-16/h6-9,12-13,17H,2-5,10-11H2,1H3/t17-/m1/s1. The van der Waals surface area contributed by atoms with Crippen LogP contribution < -0.4 is 9.64 Å². The van der Waals surface area contributed by atoms with Crippen molar-refractivity contribution < 1.29 is 9.13 Å². The molecule has 2 aromatic heterocycles. The highest BCUT2D eigenvalue weighted by atomic mass is 35.5. The summed E-state index contributed by atoms with van der Waals surface area (Å²) in [4.78, 5) is 15.1. The van der Waals surface area contributed by atoms with Gasteiger partial charge in [-0.15, -0.1) is 0 Å². The average Bonchev–Trinajstić information content (AvgIpc) is 3.19. The van der Waals surface area contributed by atoms with Gasteiger partial charge in [-0.3, -0.25) is 0 Å². The van der Waals surface area contributed by atoms with Gasteiger partial charge in [-0.1, -0.05) is 24.9 Å². The minimum Gasteiger partial charge on any atom is -0.493 e. The second-order valence-electron chi connectivity index (χ2n) is 6.94. The number of pyridine rings is 1. The van der Waals surface area contributed by atoms with E-state index in [2.05, 4.69) is 21.8 Å². The maximum atomic E-state index is 14.1. The third-order valence-corrected chi connectivity index (χ3v) is 5.33. The normalized spacial score (nSPS) is 16.7. The molecule has 0 N–H and O–H groups in total. The molecule has 3 aromatic rings. The second-order valence-corrected chi connectivity index (χ2v) is 7.30. The molecule has 3 heterocycles. The third-order valence-electron chi connectivity index (χ3n) is 5.06. The molecule has 0 unspecified atom stereocenters. The molecule has 0 aliphatic carbocycles. The van der Waals surface area contributed by atoms with E-state index in [0.717, 1.165) is 49.4 Å². The fourth-order valence-corrected chi connectivity index (χ4v) is 3.84. The number of aromatic nitrogens is 3. The van der Waals surface area contributed by atoms with Gasteiger partial charge in [0.2, 0.25) is 0 Å². The van der Waals surface area contributed by atoms with Gasteiger partial charge in [0.25, 0.3) is 0 Å². The highest BCUT2D eigenvalue weighted by Crippen LogP contribution is 2.40. The summed E-state index contributed by atoms with van der Waals surface area (Å²) in [6, 6.07) is 8.60. The molecule has 0 bridgehead atoms. The third kappa shape index (κ3) is 3.74. The van der Waals surface area contributed by atoms with Gasteiger partial charge in [-0.25, -0.2) is 19.3 Å². The summed E-state index contributed by atoms with van der Waals surface area (Å²) in [5.74, 6) is 1.27. The van der Waals surface area contributed by atoms with Crippen molar-refractivity contribution >= 4 is 28.5 Å². The molecule has 1 aliphatic rings. The number of halogens is 2. The Balaban J connectivity index is 1.69. The van der Waals surface area contributed by atoms with E-state index in [0.29, 0.717) is 22.8 Å². The first kappa shape index (κ1) is 18.9. The predicted octanol–water partition coefficient (Wildman–Crippen LogP) is 5.34. The number of rotatable bonds is 6. The van der Waals surface area contributed by atoms with E-state index >= 15 is 0 Å². The number of hydrogen-bond donors (Lipinski definition) is 0. The van der Waals surface area contributed by atoms with Crippen molar-refractivity contribution in [1.82, 2.24) is 15.0 Å². The van der Waals surface area contributed by atoms with E-state index < -0.39 is 0 Å². The fourth-order valence-electron chi connectivity index (χ4n) is 3.66. The summed E-state index contributed by atoms with van der Waals surface area (Å²) in [7, 11) is 0. The zero-order valence-electron chi connectivity index (χ0n) is 15.7. The monoisotopic (exact) mass is 400 g/mol.